The van der Waals surface area contributed by atoms with Crippen molar-refractivity contribution in [3.8, 4) is 11.5 Å². The van der Waals surface area contributed by atoms with E-state index in [1.165, 1.54) is 11.8 Å². The lowest BCUT2D eigenvalue weighted by atomic mass is 10.1. The zero-order valence-electron chi connectivity index (χ0n) is 18.2. The second kappa shape index (κ2) is 10.6. The molecule has 0 atom stereocenters. The monoisotopic (exact) mass is 479 g/mol. The van der Waals surface area contributed by atoms with E-state index in [-0.39, 0.29) is 11.7 Å². The van der Waals surface area contributed by atoms with Crippen LogP contribution < -0.4 is 14.8 Å². The maximum absolute atomic E-state index is 12.7. The molecular weight excluding hydrogens is 458 g/mol. The highest BCUT2D eigenvalue weighted by Crippen LogP contribution is 2.33. The van der Waals surface area contributed by atoms with Crippen LogP contribution in [0.15, 0.2) is 76.7 Å². The predicted octanol–water partition coefficient (Wildman–Crippen LogP) is 6.28. The summed E-state index contributed by atoms with van der Waals surface area (Å²) in [5.41, 5.74) is 4.03. The van der Waals surface area contributed by atoms with E-state index in [2.05, 4.69) is 5.32 Å². The van der Waals surface area contributed by atoms with E-state index in [0.717, 1.165) is 27.7 Å². The Bertz CT molecular complexity index is 1200. The number of hydrogen-bond acceptors (Lipinski definition) is 6. The maximum Gasteiger partial charge on any atom is 0.234 e. The number of ether oxygens (including phenoxy) is 2. The summed E-state index contributed by atoms with van der Waals surface area (Å²) in [5, 5.41) is 4.38. The number of methoxy groups -OCH3 is 2. The molecule has 33 heavy (non-hydrogen) atoms. The number of halogens is 1. The van der Waals surface area contributed by atoms with Crippen LogP contribution in [0.25, 0.3) is 0 Å². The fourth-order valence-electron chi connectivity index (χ4n) is 3.27. The third-order valence-corrected chi connectivity index (χ3v) is 6.11. The molecule has 0 aromatic heterocycles. The SMILES string of the molecule is COc1cc(NC(=O)CSC2=Nc3ccccc3N=C(c3ccc(Cl)cc3)C2)cc(OC)c1. The lowest BCUT2D eigenvalue weighted by molar-refractivity contribution is -0.113. The molecule has 1 heterocycles. The standard InChI is InChI=1S/C25H22ClN3O3S/c1-31-19-11-18(12-20(13-19)32-2)27-24(30)15-33-25-14-23(16-7-9-17(26)10-8-16)28-21-5-3-4-6-22(21)29-25/h3-13H,14-15H2,1-2H3,(H,27,30). The Labute approximate surface area is 201 Å². The number of carbonyl (C=O) groups excluding carboxylic acids is 1. The first-order valence-electron chi connectivity index (χ1n) is 10.2. The summed E-state index contributed by atoms with van der Waals surface area (Å²) in [4.78, 5) is 22.3. The molecular formula is C25H22ClN3O3S. The van der Waals surface area contributed by atoms with Gasteiger partial charge in [0.25, 0.3) is 0 Å². The number of benzene rings is 3. The van der Waals surface area contributed by atoms with Crippen LogP contribution >= 0.6 is 23.4 Å². The first-order valence-corrected chi connectivity index (χ1v) is 11.6. The van der Waals surface area contributed by atoms with Gasteiger partial charge in [-0.25, -0.2) is 4.99 Å². The largest absolute Gasteiger partial charge is 0.497 e. The van der Waals surface area contributed by atoms with Gasteiger partial charge in [-0.1, -0.05) is 35.9 Å². The predicted molar refractivity (Wildman–Crippen MR) is 136 cm³/mol. The Morgan fingerprint density at radius 2 is 1.61 bits per heavy atom. The highest BCUT2D eigenvalue weighted by molar-refractivity contribution is 8.14. The topological polar surface area (TPSA) is 72.3 Å². The van der Waals surface area contributed by atoms with Gasteiger partial charge < -0.3 is 14.8 Å². The highest BCUT2D eigenvalue weighted by Gasteiger charge is 2.17. The summed E-state index contributed by atoms with van der Waals surface area (Å²) in [5.74, 6) is 1.26. The van der Waals surface area contributed by atoms with Crippen LogP contribution in [0.2, 0.25) is 5.02 Å². The quantitative estimate of drug-likeness (QED) is 0.451. The Morgan fingerprint density at radius 3 is 2.24 bits per heavy atom. The van der Waals surface area contributed by atoms with Gasteiger partial charge in [-0.3, -0.25) is 9.79 Å². The number of rotatable bonds is 6. The number of amides is 1. The first kappa shape index (κ1) is 22.9. The molecule has 168 valence electrons. The summed E-state index contributed by atoms with van der Waals surface area (Å²) < 4.78 is 10.5. The third-order valence-electron chi connectivity index (χ3n) is 4.88. The molecule has 4 rings (SSSR count). The number of thioether (sulfide) groups is 1. The zero-order valence-corrected chi connectivity index (χ0v) is 19.7. The smallest absolute Gasteiger partial charge is 0.234 e. The second-order valence-corrected chi connectivity index (χ2v) is 8.66. The minimum absolute atomic E-state index is 0.152. The summed E-state index contributed by atoms with van der Waals surface area (Å²) in [6, 6.07) is 20.5. The molecule has 0 saturated carbocycles. The lowest BCUT2D eigenvalue weighted by Crippen LogP contribution is -2.16. The fourth-order valence-corrected chi connectivity index (χ4v) is 4.17. The molecule has 3 aromatic carbocycles. The van der Waals surface area contributed by atoms with Crippen molar-refractivity contribution in [2.75, 3.05) is 25.3 Å². The minimum Gasteiger partial charge on any atom is -0.497 e. The second-order valence-electron chi connectivity index (χ2n) is 7.17. The molecule has 0 bridgehead atoms. The van der Waals surface area contributed by atoms with Crippen LogP contribution in [0, 0.1) is 0 Å². The van der Waals surface area contributed by atoms with Crippen molar-refractivity contribution in [3.63, 3.8) is 0 Å². The Kier molecular flexibility index (Phi) is 7.32. The van der Waals surface area contributed by atoms with E-state index < -0.39 is 0 Å². The number of fused-ring (bicyclic) bond motifs is 1. The highest BCUT2D eigenvalue weighted by atomic mass is 35.5. The van der Waals surface area contributed by atoms with Gasteiger partial charge in [0.15, 0.2) is 0 Å². The molecule has 8 heteroatoms. The molecule has 1 amide bonds. The molecule has 0 spiro atoms. The van der Waals surface area contributed by atoms with Crippen molar-refractivity contribution in [3.05, 3.63) is 77.3 Å². The number of nitrogens with zero attached hydrogens (tertiary/aromatic N) is 2. The van der Waals surface area contributed by atoms with Crippen molar-refractivity contribution in [1.82, 2.24) is 0 Å². The molecule has 1 N–H and O–H groups in total. The minimum atomic E-state index is -0.152. The van der Waals surface area contributed by atoms with Crippen LogP contribution in [0.3, 0.4) is 0 Å². The summed E-state index contributed by atoms with van der Waals surface area (Å²) in [6.45, 7) is 0. The van der Waals surface area contributed by atoms with Crippen LogP contribution in [-0.4, -0.2) is 36.6 Å². The van der Waals surface area contributed by atoms with Gasteiger partial charge in [-0.2, -0.15) is 0 Å². The number of para-hydroxylation sites is 2. The van der Waals surface area contributed by atoms with E-state index in [0.29, 0.717) is 28.6 Å². The van der Waals surface area contributed by atoms with E-state index in [9.17, 15) is 4.79 Å². The average molecular weight is 480 g/mol. The Balaban J connectivity index is 1.50. The van der Waals surface area contributed by atoms with Gasteiger partial charge in [-0.15, -0.1) is 11.8 Å². The van der Waals surface area contributed by atoms with Crippen molar-refractivity contribution in [2.24, 2.45) is 9.98 Å². The van der Waals surface area contributed by atoms with Gasteiger partial charge in [0.2, 0.25) is 5.91 Å². The molecule has 6 nitrogen and oxygen atoms in total. The molecule has 0 aliphatic carbocycles. The van der Waals surface area contributed by atoms with Crippen LogP contribution in [0.1, 0.15) is 12.0 Å². The summed E-state index contributed by atoms with van der Waals surface area (Å²) in [7, 11) is 3.14. The van der Waals surface area contributed by atoms with Crippen molar-refractivity contribution in [2.45, 2.75) is 6.42 Å². The van der Waals surface area contributed by atoms with Crippen molar-refractivity contribution in [1.29, 1.82) is 0 Å². The van der Waals surface area contributed by atoms with E-state index in [1.807, 2.05) is 48.5 Å². The van der Waals surface area contributed by atoms with Crippen molar-refractivity contribution >= 4 is 57.1 Å². The van der Waals surface area contributed by atoms with Crippen LogP contribution in [0.5, 0.6) is 11.5 Å². The van der Waals surface area contributed by atoms with Crippen LogP contribution in [-0.2, 0) is 4.79 Å². The first-order chi connectivity index (χ1) is 16.0. The fraction of sp³-hybridized carbons (Fsp3) is 0.160. The number of carbonyl (C=O) groups is 1. The number of nitrogens with one attached hydrogen (secondary N) is 1. The van der Waals surface area contributed by atoms with Gasteiger partial charge >= 0.3 is 0 Å². The Morgan fingerprint density at radius 1 is 0.970 bits per heavy atom. The van der Waals surface area contributed by atoms with Gasteiger partial charge in [0, 0.05) is 35.3 Å². The average Bonchev–Trinajstić information content (AvgIpc) is 3.02. The molecule has 0 saturated heterocycles. The normalized spacial score (nSPS) is 12.7. The van der Waals surface area contributed by atoms with E-state index >= 15 is 0 Å². The van der Waals surface area contributed by atoms with Gasteiger partial charge in [0.05, 0.1) is 42.1 Å². The third kappa shape index (κ3) is 5.94. The lowest BCUT2D eigenvalue weighted by Gasteiger charge is -2.10. The summed E-state index contributed by atoms with van der Waals surface area (Å²) in [6.07, 6.45) is 0.515. The van der Waals surface area contributed by atoms with Crippen molar-refractivity contribution < 1.29 is 14.3 Å². The number of anilines is 1. The molecule has 3 aromatic rings. The maximum atomic E-state index is 12.7. The van der Waals surface area contributed by atoms with E-state index in [1.54, 1.807) is 32.4 Å². The molecule has 0 radical (unpaired) electrons. The van der Waals surface area contributed by atoms with Gasteiger partial charge in [-0.05, 0) is 29.8 Å². The number of hydrogen-bond donors (Lipinski definition) is 1. The van der Waals surface area contributed by atoms with Gasteiger partial charge in [0.1, 0.15) is 11.5 Å². The molecule has 1 aliphatic heterocycles. The molecule has 0 fully saturated rings. The molecule has 0 unspecified atom stereocenters. The van der Waals surface area contributed by atoms with Crippen LogP contribution in [0.4, 0.5) is 17.1 Å². The zero-order chi connectivity index (χ0) is 23.2. The molecule has 1 aliphatic rings. The summed E-state index contributed by atoms with van der Waals surface area (Å²) >= 11 is 7.45. The number of aliphatic imine (C=N–C) groups is 2. The Hall–Kier alpha value is -3.29. The van der Waals surface area contributed by atoms with E-state index in [4.69, 9.17) is 31.1 Å².